The molecule has 22 heavy (non-hydrogen) atoms. The van der Waals surface area contributed by atoms with Crippen LogP contribution in [0.3, 0.4) is 0 Å². The Balaban J connectivity index is 1.57. The molecule has 0 N–H and O–H groups in total. The molecule has 5 nitrogen and oxygen atoms in total. The first kappa shape index (κ1) is 15.4. The maximum Gasteiger partial charge on any atom is 0.248 e. The molecule has 0 aromatic carbocycles. The maximum atomic E-state index is 12.1. The largest absolute Gasteiger partial charge is 0.376 e. The minimum Gasteiger partial charge on any atom is -0.376 e. The third-order valence-corrected chi connectivity index (χ3v) is 5.07. The molecule has 3 rings (SSSR count). The van der Waals surface area contributed by atoms with Crippen molar-refractivity contribution in [1.29, 1.82) is 0 Å². The van der Waals surface area contributed by atoms with E-state index in [-0.39, 0.29) is 17.9 Å². The van der Waals surface area contributed by atoms with Gasteiger partial charge in [0.15, 0.2) is 0 Å². The molecule has 1 aliphatic carbocycles. The molecule has 2 heterocycles. The normalized spacial score (nSPS) is 27.1. The zero-order valence-corrected chi connectivity index (χ0v) is 13.2. The fourth-order valence-electron chi connectivity index (χ4n) is 3.91. The minimum atomic E-state index is 0.102. The lowest BCUT2D eigenvalue weighted by atomic mass is 9.81. The van der Waals surface area contributed by atoms with Crippen LogP contribution in [0.15, 0.2) is 24.5 Å². The zero-order chi connectivity index (χ0) is 15.4. The van der Waals surface area contributed by atoms with Gasteiger partial charge in [-0.1, -0.05) is 6.42 Å². The summed E-state index contributed by atoms with van der Waals surface area (Å²) in [7, 11) is 1.57. The van der Waals surface area contributed by atoms with Crippen molar-refractivity contribution in [3.63, 3.8) is 0 Å². The molecule has 2 atom stereocenters. The summed E-state index contributed by atoms with van der Waals surface area (Å²) in [5, 5.41) is 0. The quantitative estimate of drug-likeness (QED) is 0.805. The Morgan fingerprint density at radius 1 is 1.45 bits per heavy atom. The molecule has 0 radical (unpaired) electrons. The van der Waals surface area contributed by atoms with Gasteiger partial charge in [-0.25, -0.2) is 0 Å². The third-order valence-electron chi connectivity index (χ3n) is 5.07. The van der Waals surface area contributed by atoms with Gasteiger partial charge in [0, 0.05) is 38.0 Å². The van der Waals surface area contributed by atoms with Crippen molar-refractivity contribution < 1.29 is 14.3 Å². The summed E-state index contributed by atoms with van der Waals surface area (Å²) in [4.78, 5) is 18.0. The molecule has 0 bridgehead atoms. The first-order valence-electron chi connectivity index (χ1n) is 7.97. The summed E-state index contributed by atoms with van der Waals surface area (Å²) >= 11 is 0. The van der Waals surface area contributed by atoms with E-state index in [9.17, 15) is 4.79 Å². The van der Waals surface area contributed by atoms with Crippen LogP contribution in [-0.4, -0.2) is 49.2 Å². The molecule has 1 aromatic heterocycles. The lowest BCUT2D eigenvalue weighted by Crippen LogP contribution is -2.36. The van der Waals surface area contributed by atoms with Gasteiger partial charge in [0.05, 0.1) is 13.2 Å². The van der Waals surface area contributed by atoms with Crippen LogP contribution < -0.4 is 0 Å². The van der Waals surface area contributed by atoms with Gasteiger partial charge in [-0.3, -0.25) is 9.78 Å². The summed E-state index contributed by atoms with van der Waals surface area (Å²) < 4.78 is 11.0. The Morgan fingerprint density at radius 3 is 3.05 bits per heavy atom. The van der Waals surface area contributed by atoms with Crippen molar-refractivity contribution in [2.24, 2.45) is 11.3 Å². The molecule has 1 saturated carbocycles. The van der Waals surface area contributed by atoms with Gasteiger partial charge >= 0.3 is 0 Å². The van der Waals surface area contributed by atoms with Gasteiger partial charge in [-0.15, -0.1) is 0 Å². The average molecular weight is 304 g/mol. The van der Waals surface area contributed by atoms with E-state index in [1.54, 1.807) is 19.5 Å². The number of rotatable bonds is 6. The monoisotopic (exact) mass is 304 g/mol. The molecule has 0 spiro atoms. The molecule has 2 aliphatic rings. The molecule has 120 valence electrons. The molecule has 0 unspecified atom stereocenters. The number of aromatic nitrogens is 1. The van der Waals surface area contributed by atoms with Crippen LogP contribution >= 0.6 is 0 Å². The Bertz CT molecular complexity index is 508. The van der Waals surface area contributed by atoms with E-state index in [0.717, 1.165) is 31.7 Å². The van der Waals surface area contributed by atoms with E-state index in [0.29, 0.717) is 12.5 Å². The lowest BCUT2D eigenvalue weighted by Gasteiger charge is -2.28. The summed E-state index contributed by atoms with van der Waals surface area (Å²) in [6.45, 7) is 3.21. The highest BCUT2D eigenvalue weighted by atomic mass is 16.5. The number of fused-ring (bicyclic) bond motifs is 1. The molecule has 5 heteroatoms. The Morgan fingerprint density at radius 2 is 2.27 bits per heavy atom. The Kier molecular flexibility index (Phi) is 4.74. The van der Waals surface area contributed by atoms with Gasteiger partial charge in [0.2, 0.25) is 5.91 Å². The fraction of sp³-hybridized carbons (Fsp3) is 0.647. The summed E-state index contributed by atoms with van der Waals surface area (Å²) in [5.74, 6) is 0.677. The van der Waals surface area contributed by atoms with Gasteiger partial charge in [-0.05, 0) is 36.5 Å². The van der Waals surface area contributed by atoms with E-state index in [1.807, 2.05) is 17.0 Å². The molecule has 1 saturated heterocycles. The van der Waals surface area contributed by atoms with E-state index in [2.05, 4.69) is 4.98 Å². The molecule has 2 fully saturated rings. The second kappa shape index (κ2) is 6.75. The molecule has 1 aliphatic heterocycles. The summed E-state index contributed by atoms with van der Waals surface area (Å²) in [6, 6.07) is 3.96. The number of hydrogen-bond acceptors (Lipinski definition) is 4. The summed E-state index contributed by atoms with van der Waals surface area (Å²) in [6.07, 6.45) is 7.18. The number of hydrogen-bond donors (Lipinski definition) is 0. The first-order chi connectivity index (χ1) is 10.7. The van der Waals surface area contributed by atoms with E-state index in [4.69, 9.17) is 9.47 Å². The van der Waals surface area contributed by atoms with E-state index in [1.165, 1.54) is 12.8 Å². The molecule has 1 amide bonds. The number of pyridine rings is 1. The van der Waals surface area contributed by atoms with Crippen LogP contribution in [0.1, 0.15) is 24.8 Å². The predicted octanol–water partition coefficient (Wildman–Crippen LogP) is 1.87. The number of ether oxygens (including phenoxy) is 2. The number of carbonyl (C=O) groups excluding carboxylic acids is 1. The fourth-order valence-corrected chi connectivity index (χ4v) is 3.91. The van der Waals surface area contributed by atoms with Gasteiger partial charge < -0.3 is 14.4 Å². The summed E-state index contributed by atoms with van der Waals surface area (Å²) in [5.41, 5.74) is 1.29. The second-order valence-corrected chi connectivity index (χ2v) is 6.51. The van der Waals surface area contributed by atoms with Crippen LogP contribution in [0.4, 0.5) is 0 Å². The average Bonchev–Trinajstić information content (AvgIpc) is 3.05. The first-order valence-corrected chi connectivity index (χ1v) is 7.97. The number of methoxy groups -OCH3 is 1. The Labute approximate surface area is 131 Å². The molecular weight excluding hydrogens is 280 g/mol. The van der Waals surface area contributed by atoms with E-state index >= 15 is 0 Å². The SMILES string of the molecule is COCC(=O)N1C[C@@H]2CCC[C@]2(COCc2ccncc2)C1. The molecular formula is C17H24N2O3. The van der Waals surface area contributed by atoms with Crippen molar-refractivity contribution >= 4 is 5.91 Å². The number of likely N-dealkylation sites (tertiary alicyclic amines) is 1. The highest BCUT2D eigenvalue weighted by Crippen LogP contribution is 2.48. The van der Waals surface area contributed by atoms with Gasteiger partial charge in [-0.2, -0.15) is 0 Å². The van der Waals surface area contributed by atoms with Crippen LogP contribution in [0.25, 0.3) is 0 Å². The van der Waals surface area contributed by atoms with Crippen LogP contribution in [0.2, 0.25) is 0 Å². The van der Waals surface area contributed by atoms with Crippen LogP contribution in [0.5, 0.6) is 0 Å². The van der Waals surface area contributed by atoms with Crippen molar-refractivity contribution in [3.05, 3.63) is 30.1 Å². The molecule has 1 aromatic rings. The second-order valence-electron chi connectivity index (χ2n) is 6.51. The number of nitrogens with zero attached hydrogens (tertiary/aromatic N) is 2. The van der Waals surface area contributed by atoms with Crippen molar-refractivity contribution in [2.45, 2.75) is 25.9 Å². The van der Waals surface area contributed by atoms with Crippen molar-refractivity contribution in [1.82, 2.24) is 9.88 Å². The zero-order valence-electron chi connectivity index (χ0n) is 13.2. The van der Waals surface area contributed by atoms with Crippen molar-refractivity contribution in [2.75, 3.05) is 33.4 Å². The van der Waals surface area contributed by atoms with E-state index < -0.39 is 0 Å². The highest BCUT2D eigenvalue weighted by Gasteiger charge is 2.50. The van der Waals surface area contributed by atoms with Crippen LogP contribution in [-0.2, 0) is 20.9 Å². The predicted molar refractivity (Wildman–Crippen MR) is 82.1 cm³/mol. The van der Waals surface area contributed by atoms with Gasteiger partial charge in [0.25, 0.3) is 0 Å². The lowest BCUT2D eigenvalue weighted by molar-refractivity contribution is -0.134. The van der Waals surface area contributed by atoms with Gasteiger partial charge in [0.1, 0.15) is 6.61 Å². The Hall–Kier alpha value is -1.46. The standard InChI is InChI=1S/C17H24N2O3/c1-21-11-16(20)19-9-15-3-2-6-17(15,12-19)13-22-10-14-4-7-18-8-5-14/h4-5,7-8,15H,2-3,6,9-13H2,1H3/t15-,17+/m0/s1. The van der Waals surface area contributed by atoms with Crippen LogP contribution in [0, 0.1) is 11.3 Å². The topological polar surface area (TPSA) is 51.7 Å². The maximum absolute atomic E-state index is 12.1. The third kappa shape index (κ3) is 3.15. The minimum absolute atomic E-state index is 0.102. The number of amides is 1. The number of carbonyl (C=O) groups is 1. The highest BCUT2D eigenvalue weighted by molar-refractivity contribution is 5.77. The van der Waals surface area contributed by atoms with Crippen molar-refractivity contribution in [3.8, 4) is 0 Å². The smallest absolute Gasteiger partial charge is 0.248 e.